The van der Waals surface area contributed by atoms with E-state index in [1.54, 1.807) is 0 Å². The third-order valence-corrected chi connectivity index (χ3v) is 4.32. The molecule has 2 atom stereocenters. The lowest BCUT2D eigenvalue weighted by atomic mass is 9.93. The standard InChI is InChI=1S/C18H23NO2/c1-13(19-18(20)15-5-3-2-4-6-15)11-14-7-8-17-16(12-14)9-10-21-17/h2-3,7-8,12-13,15H,4-6,9-11H2,1H3,(H,19,20)/t13-,15-/m1/s1. The number of nitrogens with one attached hydrogen (secondary N) is 1. The number of fused-ring (bicyclic) bond motifs is 1. The molecule has 21 heavy (non-hydrogen) atoms. The van der Waals surface area contributed by atoms with E-state index in [2.05, 4.69) is 42.6 Å². The van der Waals surface area contributed by atoms with Crippen LogP contribution in [-0.2, 0) is 17.6 Å². The summed E-state index contributed by atoms with van der Waals surface area (Å²) < 4.78 is 5.53. The number of carbonyl (C=O) groups excluding carboxylic acids is 1. The van der Waals surface area contributed by atoms with Crippen LogP contribution in [-0.4, -0.2) is 18.6 Å². The smallest absolute Gasteiger partial charge is 0.223 e. The van der Waals surface area contributed by atoms with Crippen LogP contribution in [0.25, 0.3) is 0 Å². The maximum Gasteiger partial charge on any atom is 0.223 e. The van der Waals surface area contributed by atoms with Gasteiger partial charge in [-0.05, 0) is 49.8 Å². The van der Waals surface area contributed by atoms with Crippen LogP contribution in [0.2, 0.25) is 0 Å². The van der Waals surface area contributed by atoms with Gasteiger partial charge in [0.1, 0.15) is 5.75 Å². The molecule has 0 saturated carbocycles. The second-order valence-corrected chi connectivity index (χ2v) is 6.14. The third kappa shape index (κ3) is 3.46. The first kappa shape index (κ1) is 14.2. The largest absolute Gasteiger partial charge is 0.493 e. The molecule has 2 aliphatic rings. The molecule has 3 rings (SSSR count). The van der Waals surface area contributed by atoms with Crippen LogP contribution < -0.4 is 10.1 Å². The summed E-state index contributed by atoms with van der Waals surface area (Å²) in [4.78, 5) is 12.2. The van der Waals surface area contributed by atoms with Crippen LogP contribution in [0.4, 0.5) is 0 Å². The summed E-state index contributed by atoms with van der Waals surface area (Å²) in [6.07, 6.45) is 9.05. The van der Waals surface area contributed by atoms with E-state index in [0.29, 0.717) is 0 Å². The van der Waals surface area contributed by atoms with Gasteiger partial charge in [0.2, 0.25) is 5.91 Å². The Kier molecular flexibility index (Phi) is 4.28. The molecule has 3 heteroatoms. The van der Waals surface area contributed by atoms with Gasteiger partial charge in [0, 0.05) is 18.4 Å². The predicted molar refractivity (Wildman–Crippen MR) is 83.4 cm³/mol. The van der Waals surface area contributed by atoms with Crippen molar-refractivity contribution >= 4 is 5.91 Å². The molecule has 1 heterocycles. The number of ether oxygens (including phenoxy) is 1. The first-order valence-corrected chi connectivity index (χ1v) is 7.92. The highest BCUT2D eigenvalue weighted by Gasteiger charge is 2.20. The fraction of sp³-hybridized carbons (Fsp3) is 0.500. The highest BCUT2D eigenvalue weighted by atomic mass is 16.5. The van der Waals surface area contributed by atoms with E-state index in [1.165, 1.54) is 11.1 Å². The molecule has 1 N–H and O–H groups in total. The van der Waals surface area contributed by atoms with E-state index >= 15 is 0 Å². The van der Waals surface area contributed by atoms with Gasteiger partial charge >= 0.3 is 0 Å². The molecule has 1 amide bonds. The van der Waals surface area contributed by atoms with Crippen molar-refractivity contribution < 1.29 is 9.53 Å². The Hall–Kier alpha value is -1.77. The first-order chi connectivity index (χ1) is 10.2. The van der Waals surface area contributed by atoms with Gasteiger partial charge in [-0.2, -0.15) is 0 Å². The molecule has 0 unspecified atom stereocenters. The van der Waals surface area contributed by atoms with Gasteiger partial charge in [-0.25, -0.2) is 0 Å². The molecule has 0 radical (unpaired) electrons. The maximum atomic E-state index is 12.2. The number of rotatable bonds is 4. The zero-order valence-electron chi connectivity index (χ0n) is 12.6. The van der Waals surface area contributed by atoms with Crippen molar-refractivity contribution in [3.63, 3.8) is 0 Å². The Bertz CT molecular complexity index is 550. The molecule has 0 spiro atoms. The van der Waals surface area contributed by atoms with Gasteiger partial charge in [0.25, 0.3) is 0 Å². The van der Waals surface area contributed by atoms with E-state index in [0.717, 1.165) is 44.5 Å². The SMILES string of the molecule is C[C@H](Cc1ccc2c(c1)CCO2)NC(=O)[C@@H]1CC=CCC1. The lowest BCUT2D eigenvalue weighted by Crippen LogP contribution is -2.38. The molecular formula is C18H23NO2. The first-order valence-electron chi connectivity index (χ1n) is 7.92. The van der Waals surface area contributed by atoms with Crippen molar-refractivity contribution in [2.24, 2.45) is 5.92 Å². The molecular weight excluding hydrogens is 262 g/mol. The van der Waals surface area contributed by atoms with Crippen LogP contribution in [0, 0.1) is 5.92 Å². The normalized spacial score (nSPS) is 21.5. The van der Waals surface area contributed by atoms with Crippen molar-refractivity contribution in [3.05, 3.63) is 41.5 Å². The summed E-state index contributed by atoms with van der Waals surface area (Å²) in [7, 11) is 0. The van der Waals surface area contributed by atoms with E-state index in [4.69, 9.17) is 4.74 Å². The zero-order chi connectivity index (χ0) is 14.7. The van der Waals surface area contributed by atoms with Crippen molar-refractivity contribution in [3.8, 4) is 5.75 Å². The molecule has 1 aliphatic heterocycles. The fourth-order valence-electron chi connectivity index (χ4n) is 3.16. The quantitative estimate of drug-likeness (QED) is 0.864. The minimum atomic E-state index is 0.158. The Morgan fingerprint density at radius 3 is 3.14 bits per heavy atom. The molecule has 1 aliphatic carbocycles. The third-order valence-electron chi connectivity index (χ3n) is 4.32. The van der Waals surface area contributed by atoms with Gasteiger partial charge in [-0.3, -0.25) is 4.79 Å². The molecule has 0 saturated heterocycles. The van der Waals surface area contributed by atoms with Gasteiger partial charge in [0.05, 0.1) is 6.61 Å². The summed E-state index contributed by atoms with van der Waals surface area (Å²) in [6, 6.07) is 6.55. The number of hydrogen-bond donors (Lipinski definition) is 1. The molecule has 1 aromatic rings. The minimum absolute atomic E-state index is 0.158. The van der Waals surface area contributed by atoms with Crippen LogP contribution in [0.5, 0.6) is 5.75 Å². The Morgan fingerprint density at radius 1 is 1.43 bits per heavy atom. The highest BCUT2D eigenvalue weighted by molar-refractivity contribution is 5.79. The number of benzene rings is 1. The molecule has 112 valence electrons. The summed E-state index contributed by atoms with van der Waals surface area (Å²) in [5.41, 5.74) is 2.57. The van der Waals surface area contributed by atoms with Gasteiger partial charge in [-0.15, -0.1) is 0 Å². The Labute approximate surface area is 126 Å². The van der Waals surface area contributed by atoms with Crippen molar-refractivity contribution in [2.75, 3.05) is 6.61 Å². The average molecular weight is 285 g/mol. The van der Waals surface area contributed by atoms with Gasteiger partial charge < -0.3 is 10.1 Å². The number of amides is 1. The van der Waals surface area contributed by atoms with Crippen molar-refractivity contribution in [2.45, 2.75) is 45.1 Å². The monoisotopic (exact) mass is 285 g/mol. The minimum Gasteiger partial charge on any atom is -0.493 e. The molecule has 0 aromatic heterocycles. The van der Waals surface area contributed by atoms with E-state index in [1.807, 2.05) is 0 Å². The Balaban J connectivity index is 1.55. The van der Waals surface area contributed by atoms with E-state index in [-0.39, 0.29) is 17.9 Å². The lowest BCUT2D eigenvalue weighted by Gasteiger charge is -2.21. The van der Waals surface area contributed by atoms with Crippen LogP contribution >= 0.6 is 0 Å². The van der Waals surface area contributed by atoms with Crippen molar-refractivity contribution in [1.29, 1.82) is 0 Å². The number of carbonyl (C=O) groups is 1. The second-order valence-electron chi connectivity index (χ2n) is 6.14. The van der Waals surface area contributed by atoms with Gasteiger partial charge in [0.15, 0.2) is 0 Å². The second kappa shape index (κ2) is 6.33. The molecule has 0 bridgehead atoms. The number of allylic oxidation sites excluding steroid dienone is 2. The van der Waals surface area contributed by atoms with E-state index in [9.17, 15) is 4.79 Å². The topological polar surface area (TPSA) is 38.3 Å². The summed E-state index contributed by atoms with van der Waals surface area (Å²) >= 11 is 0. The highest BCUT2D eigenvalue weighted by Crippen LogP contribution is 2.26. The fourth-order valence-corrected chi connectivity index (χ4v) is 3.16. The van der Waals surface area contributed by atoms with Gasteiger partial charge in [-0.1, -0.05) is 24.3 Å². The Morgan fingerprint density at radius 2 is 2.33 bits per heavy atom. The molecule has 0 fully saturated rings. The molecule has 3 nitrogen and oxygen atoms in total. The van der Waals surface area contributed by atoms with Crippen LogP contribution in [0.3, 0.4) is 0 Å². The van der Waals surface area contributed by atoms with Crippen LogP contribution in [0.1, 0.15) is 37.3 Å². The lowest BCUT2D eigenvalue weighted by molar-refractivity contribution is -0.125. The summed E-state index contributed by atoms with van der Waals surface area (Å²) in [5, 5.41) is 3.16. The zero-order valence-corrected chi connectivity index (χ0v) is 12.6. The number of hydrogen-bond acceptors (Lipinski definition) is 2. The summed E-state index contributed by atoms with van der Waals surface area (Å²) in [6.45, 7) is 2.88. The van der Waals surface area contributed by atoms with Crippen molar-refractivity contribution in [1.82, 2.24) is 5.32 Å². The predicted octanol–water partition coefficient (Wildman–Crippen LogP) is 3.03. The average Bonchev–Trinajstić information content (AvgIpc) is 2.95. The maximum absolute atomic E-state index is 12.2. The van der Waals surface area contributed by atoms with E-state index < -0.39 is 0 Å². The van der Waals surface area contributed by atoms with Crippen LogP contribution in [0.15, 0.2) is 30.4 Å². The summed E-state index contributed by atoms with van der Waals surface area (Å²) in [5.74, 6) is 1.38. The molecule has 1 aromatic carbocycles.